The second-order valence-corrected chi connectivity index (χ2v) is 5.60. The van der Waals surface area contributed by atoms with E-state index in [-0.39, 0.29) is 6.42 Å². The number of ether oxygens (including phenoxy) is 1. The van der Waals surface area contributed by atoms with Gasteiger partial charge in [-0.05, 0) is 37.6 Å². The van der Waals surface area contributed by atoms with Gasteiger partial charge in [-0.2, -0.15) is 13.2 Å². The zero-order valence-electron chi connectivity index (χ0n) is 14.4. The molecule has 1 atom stereocenters. The summed E-state index contributed by atoms with van der Waals surface area (Å²) in [4.78, 5) is 34.2. The van der Waals surface area contributed by atoms with Crippen LogP contribution in [0.25, 0.3) is 0 Å². The Morgan fingerprint density at radius 3 is 2.38 bits per heavy atom. The quantitative estimate of drug-likeness (QED) is 0.648. The first kappa shape index (κ1) is 21.5. The van der Waals surface area contributed by atoms with E-state index in [0.717, 1.165) is 5.56 Å². The van der Waals surface area contributed by atoms with Crippen LogP contribution in [0.4, 0.5) is 13.2 Å². The first-order valence-electron chi connectivity index (χ1n) is 7.89. The van der Waals surface area contributed by atoms with Crippen molar-refractivity contribution in [3.63, 3.8) is 0 Å². The number of amides is 1. The number of carboxylic acid groups (broad SMARTS) is 1. The number of hydrogen-bond acceptors (Lipinski definition) is 4. The van der Waals surface area contributed by atoms with Crippen LogP contribution in [0.3, 0.4) is 0 Å². The first-order valence-corrected chi connectivity index (χ1v) is 7.89. The van der Waals surface area contributed by atoms with E-state index < -0.39 is 42.7 Å². The third-order valence-electron chi connectivity index (χ3n) is 3.48. The number of hydrogen-bond donors (Lipinski definition) is 2. The molecule has 1 aromatic rings. The molecule has 1 unspecified atom stereocenters. The van der Waals surface area contributed by atoms with Crippen LogP contribution < -0.4 is 10.1 Å². The summed E-state index contributed by atoms with van der Waals surface area (Å²) in [5.74, 6) is -2.52. The number of ketones is 1. The maximum atomic E-state index is 12.7. The molecule has 26 heavy (non-hydrogen) atoms. The second-order valence-electron chi connectivity index (χ2n) is 5.60. The van der Waals surface area contributed by atoms with Crippen LogP contribution in [-0.4, -0.2) is 41.6 Å². The highest BCUT2D eigenvalue weighted by atomic mass is 19.4. The molecule has 1 aromatic carbocycles. The zero-order valence-corrected chi connectivity index (χ0v) is 14.4. The van der Waals surface area contributed by atoms with Gasteiger partial charge in [0.05, 0.1) is 13.0 Å². The highest BCUT2D eigenvalue weighted by Gasteiger charge is 2.41. The summed E-state index contributed by atoms with van der Waals surface area (Å²) in [6.07, 6.45) is -6.93. The van der Waals surface area contributed by atoms with E-state index in [1.54, 1.807) is 24.4 Å². The van der Waals surface area contributed by atoms with Crippen molar-refractivity contribution < 1.29 is 37.4 Å². The molecule has 0 aliphatic carbocycles. The largest absolute Gasteiger partial charge is 0.494 e. The smallest absolute Gasteiger partial charge is 0.409 e. The van der Waals surface area contributed by atoms with E-state index in [1.807, 2.05) is 6.92 Å². The van der Waals surface area contributed by atoms with Crippen molar-refractivity contribution in [2.45, 2.75) is 45.3 Å². The number of rotatable bonds is 9. The van der Waals surface area contributed by atoms with Crippen LogP contribution in [0.1, 0.15) is 42.1 Å². The number of nitrogens with one attached hydrogen (secondary N) is 1. The van der Waals surface area contributed by atoms with Crippen molar-refractivity contribution in [2.75, 3.05) is 6.61 Å². The Morgan fingerprint density at radius 1 is 1.23 bits per heavy atom. The molecule has 0 saturated carbocycles. The Bertz CT molecular complexity index is 673. The number of carbonyl (C=O) groups excluding carboxylic acids is 2. The minimum absolute atomic E-state index is 0.295. The third kappa shape index (κ3) is 6.73. The SMILES string of the molecule is CCOc1ccc(C(=O)CCC(=O)NC(CC(=O)O)C(F)(F)F)cc1C. The van der Waals surface area contributed by atoms with E-state index in [0.29, 0.717) is 17.9 Å². The Hall–Kier alpha value is -2.58. The van der Waals surface area contributed by atoms with Gasteiger partial charge in [-0.15, -0.1) is 0 Å². The fraction of sp³-hybridized carbons (Fsp3) is 0.471. The number of halogens is 3. The first-order chi connectivity index (χ1) is 12.0. The molecule has 1 rings (SSSR count). The lowest BCUT2D eigenvalue weighted by Crippen LogP contribution is -2.46. The van der Waals surface area contributed by atoms with Gasteiger partial charge in [-0.25, -0.2) is 0 Å². The van der Waals surface area contributed by atoms with E-state index in [1.165, 1.54) is 6.07 Å². The highest BCUT2D eigenvalue weighted by molar-refractivity contribution is 5.98. The average Bonchev–Trinajstić information content (AvgIpc) is 2.52. The Balaban J connectivity index is 2.64. The van der Waals surface area contributed by atoms with E-state index in [4.69, 9.17) is 9.84 Å². The summed E-state index contributed by atoms with van der Waals surface area (Å²) in [5.41, 5.74) is 1.04. The van der Waals surface area contributed by atoms with Crippen LogP contribution in [0, 0.1) is 6.92 Å². The molecular weight excluding hydrogens is 355 g/mol. The molecule has 0 radical (unpaired) electrons. The molecule has 0 fully saturated rings. The van der Waals surface area contributed by atoms with Crippen molar-refractivity contribution >= 4 is 17.7 Å². The summed E-state index contributed by atoms with van der Waals surface area (Å²) in [6, 6.07) is 2.21. The number of aliphatic carboxylic acids is 1. The van der Waals surface area contributed by atoms with Crippen LogP contribution in [0.2, 0.25) is 0 Å². The monoisotopic (exact) mass is 375 g/mol. The van der Waals surface area contributed by atoms with Gasteiger partial charge >= 0.3 is 12.1 Å². The van der Waals surface area contributed by atoms with Gasteiger partial charge in [0, 0.05) is 18.4 Å². The molecule has 9 heteroatoms. The molecule has 2 N–H and O–H groups in total. The van der Waals surface area contributed by atoms with Crippen molar-refractivity contribution in [1.82, 2.24) is 5.32 Å². The Morgan fingerprint density at radius 2 is 1.88 bits per heavy atom. The van der Waals surface area contributed by atoms with E-state index in [9.17, 15) is 27.6 Å². The Labute approximate surface area is 148 Å². The molecule has 0 heterocycles. The lowest BCUT2D eigenvalue weighted by atomic mass is 10.0. The van der Waals surface area contributed by atoms with Gasteiger partial charge in [-0.1, -0.05) is 0 Å². The second kappa shape index (κ2) is 9.21. The van der Waals surface area contributed by atoms with Crippen LogP contribution in [0.15, 0.2) is 18.2 Å². The predicted octanol–water partition coefficient (Wildman–Crippen LogP) is 2.88. The van der Waals surface area contributed by atoms with Gasteiger partial charge < -0.3 is 15.2 Å². The fourth-order valence-electron chi connectivity index (χ4n) is 2.20. The predicted molar refractivity (Wildman–Crippen MR) is 86.2 cm³/mol. The summed E-state index contributed by atoms with van der Waals surface area (Å²) in [7, 11) is 0. The zero-order chi connectivity index (χ0) is 19.9. The Kier molecular flexibility index (Phi) is 7.60. The molecule has 0 bridgehead atoms. The molecule has 0 aromatic heterocycles. The standard InChI is InChI=1S/C17H20F3NO5/c1-3-26-13-6-4-11(8-10(13)2)12(22)5-7-15(23)21-14(9-16(24)25)17(18,19)20/h4,6,8,14H,3,5,7,9H2,1-2H3,(H,21,23)(H,24,25). The van der Waals surface area contributed by atoms with Gasteiger partial charge in [-0.3, -0.25) is 14.4 Å². The normalized spacial score (nSPS) is 12.3. The van der Waals surface area contributed by atoms with Gasteiger partial charge in [0.2, 0.25) is 5.91 Å². The van der Waals surface area contributed by atoms with E-state index >= 15 is 0 Å². The van der Waals surface area contributed by atoms with Gasteiger partial charge in [0.1, 0.15) is 11.8 Å². The molecule has 1 amide bonds. The highest BCUT2D eigenvalue weighted by Crippen LogP contribution is 2.23. The lowest BCUT2D eigenvalue weighted by molar-refractivity contribution is -0.170. The lowest BCUT2D eigenvalue weighted by Gasteiger charge is -2.19. The summed E-state index contributed by atoms with van der Waals surface area (Å²) >= 11 is 0. The minimum Gasteiger partial charge on any atom is -0.494 e. The number of benzene rings is 1. The van der Waals surface area contributed by atoms with Crippen LogP contribution >= 0.6 is 0 Å². The molecular formula is C17H20F3NO5. The van der Waals surface area contributed by atoms with Crippen molar-refractivity contribution in [2.24, 2.45) is 0 Å². The van der Waals surface area contributed by atoms with Gasteiger partial charge in [0.15, 0.2) is 5.78 Å². The van der Waals surface area contributed by atoms with Crippen molar-refractivity contribution in [3.05, 3.63) is 29.3 Å². The number of aryl methyl sites for hydroxylation is 1. The maximum Gasteiger partial charge on any atom is 0.409 e. The topological polar surface area (TPSA) is 92.7 Å². The molecule has 0 spiro atoms. The summed E-state index contributed by atoms with van der Waals surface area (Å²) in [5, 5.41) is 10.1. The minimum atomic E-state index is -4.88. The molecule has 6 nitrogen and oxygen atoms in total. The average molecular weight is 375 g/mol. The van der Waals surface area contributed by atoms with Crippen LogP contribution in [0.5, 0.6) is 5.75 Å². The van der Waals surface area contributed by atoms with Crippen molar-refractivity contribution in [1.29, 1.82) is 0 Å². The third-order valence-corrected chi connectivity index (χ3v) is 3.48. The molecule has 0 aliphatic heterocycles. The molecule has 0 aliphatic rings. The van der Waals surface area contributed by atoms with Crippen molar-refractivity contribution in [3.8, 4) is 5.75 Å². The van der Waals surface area contributed by atoms with E-state index in [2.05, 4.69) is 0 Å². The maximum absolute atomic E-state index is 12.7. The summed E-state index contributed by atoms with van der Waals surface area (Å²) in [6.45, 7) is 4.02. The van der Waals surface area contributed by atoms with Crippen LogP contribution in [-0.2, 0) is 9.59 Å². The summed E-state index contributed by atoms with van der Waals surface area (Å²) < 4.78 is 43.4. The fourth-order valence-corrected chi connectivity index (χ4v) is 2.20. The molecule has 0 saturated heterocycles. The number of Topliss-reactive ketones (excluding diaryl/α,β-unsaturated/α-hetero) is 1. The van der Waals surface area contributed by atoms with Gasteiger partial charge in [0.25, 0.3) is 0 Å². The molecule has 144 valence electrons. The number of carboxylic acids is 1. The number of carbonyl (C=O) groups is 3. The number of alkyl halides is 3.